The quantitative estimate of drug-likeness (QED) is 0.525. The van der Waals surface area contributed by atoms with Crippen LogP contribution in [0.4, 0.5) is 5.13 Å². The number of methoxy groups -OCH3 is 1. The summed E-state index contributed by atoms with van der Waals surface area (Å²) in [5.41, 5.74) is 0.646. The van der Waals surface area contributed by atoms with Gasteiger partial charge in [-0.2, -0.15) is 0 Å². The molecule has 2 rings (SSSR count). The fraction of sp³-hybridized carbons (Fsp3) is 0.200. The third-order valence-corrected chi connectivity index (χ3v) is 3.81. The van der Waals surface area contributed by atoms with Crippen LogP contribution in [0.1, 0.15) is 0 Å². The summed E-state index contributed by atoms with van der Waals surface area (Å²) in [6.45, 7) is 3.25. The second kappa shape index (κ2) is 8.06. The minimum absolute atomic E-state index is 0.173. The van der Waals surface area contributed by atoms with Gasteiger partial charge in [-0.05, 0) is 12.1 Å². The fourth-order valence-corrected chi connectivity index (χ4v) is 2.69. The number of aromatic nitrogens is 1. The first-order valence-electron chi connectivity index (χ1n) is 6.95. The Morgan fingerprint density at radius 1 is 1.29 bits per heavy atom. The summed E-state index contributed by atoms with van der Waals surface area (Å²) >= 11 is 1.28. The number of nitrogens with zero attached hydrogens (tertiary/aromatic N) is 1. The second-order valence-corrected chi connectivity index (χ2v) is 5.59. The number of thiazole rings is 1. The minimum atomic E-state index is -0.891. The van der Waals surface area contributed by atoms with Gasteiger partial charge in [0.15, 0.2) is 5.13 Å². The first-order valence-corrected chi connectivity index (χ1v) is 7.77. The van der Waals surface area contributed by atoms with Crippen LogP contribution >= 0.6 is 11.3 Å². The molecule has 0 fully saturated rings. The molecule has 1 aromatic heterocycles. The molecule has 0 saturated heterocycles. The van der Waals surface area contributed by atoms with Crippen LogP contribution < -0.4 is 20.7 Å². The van der Waals surface area contributed by atoms with E-state index < -0.39 is 17.7 Å². The number of fused-ring (bicyclic) bond motifs is 1. The highest BCUT2D eigenvalue weighted by Gasteiger charge is 2.15. The summed E-state index contributed by atoms with van der Waals surface area (Å²) < 4.78 is 6.07. The largest absolute Gasteiger partial charge is 0.494 e. The third kappa shape index (κ3) is 4.29. The van der Waals surface area contributed by atoms with Crippen molar-refractivity contribution in [3.8, 4) is 5.75 Å². The standard InChI is InChI=1S/C15H16N4O4S/c1-3-7-16-13(21)14(22)17-8-11(20)18-15-19-12-9(23-2)5-4-6-10(12)24-15/h3-6H,1,7-8H2,2H3,(H,16,21)(H,17,22)(H,18,19,20). The summed E-state index contributed by atoms with van der Waals surface area (Å²) in [7, 11) is 1.54. The van der Waals surface area contributed by atoms with E-state index in [0.717, 1.165) is 4.70 Å². The van der Waals surface area contributed by atoms with Gasteiger partial charge >= 0.3 is 11.8 Å². The molecule has 3 N–H and O–H groups in total. The van der Waals surface area contributed by atoms with Crippen molar-refractivity contribution >= 4 is 44.4 Å². The first kappa shape index (κ1) is 17.4. The topological polar surface area (TPSA) is 109 Å². The van der Waals surface area contributed by atoms with Gasteiger partial charge < -0.3 is 20.7 Å². The molecule has 9 heteroatoms. The molecule has 2 aromatic rings. The van der Waals surface area contributed by atoms with Crippen molar-refractivity contribution in [2.24, 2.45) is 0 Å². The monoisotopic (exact) mass is 348 g/mol. The lowest BCUT2D eigenvalue weighted by Crippen LogP contribution is -2.42. The molecule has 126 valence electrons. The van der Waals surface area contributed by atoms with E-state index in [1.165, 1.54) is 17.4 Å². The highest BCUT2D eigenvalue weighted by molar-refractivity contribution is 7.22. The van der Waals surface area contributed by atoms with Gasteiger partial charge in [0.25, 0.3) is 0 Å². The number of benzene rings is 1. The SMILES string of the molecule is C=CCNC(=O)C(=O)NCC(=O)Nc1nc2c(OC)cccc2s1. The van der Waals surface area contributed by atoms with Gasteiger partial charge in [-0.15, -0.1) is 6.58 Å². The predicted molar refractivity (Wildman–Crippen MR) is 91.0 cm³/mol. The number of carbonyl (C=O) groups excluding carboxylic acids is 3. The maximum Gasteiger partial charge on any atom is 0.309 e. The number of carbonyl (C=O) groups is 3. The Labute approximate surface area is 141 Å². The van der Waals surface area contributed by atoms with Crippen LogP contribution in [0.3, 0.4) is 0 Å². The molecular weight excluding hydrogens is 332 g/mol. The Hall–Kier alpha value is -2.94. The van der Waals surface area contributed by atoms with E-state index in [1.807, 2.05) is 12.1 Å². The van der Waals surface area contributed by atoms with Crippen LogP contribution in [0.15, 0.2) is 30.9 Å². The number of hydrogen-bond acceptors (Lipinski definition) is 6. The Bertz CT molecular complexity index is 787. The Morgan fingerprint density at radius 2 is 2.04 bits per heavy atom. The normalized spacial score (nSPS) is 10.0. The van der Waals surface area contributed by atoms with Gasteiger partial charge in [-0.25, -0.2) is 4.98 Å². The van der Waals surface area contributed by atoms with Crippen LogP contribution in [0.2, 0.25) is 0 Å². The highest BCUT2D eigenvalue weighted by Crippen LogP contribution is 2.31. The number of amides is 3. The Morgan fingerprint density at radius 3 is 2.75 bits per heavy atom. The number of anilines is 1. The molecule has 1 heterocycles. The summed E-state index contributed by atoms with van der Waals surface area (Å²) in [5.74, 6) is -1.60. The van der Waals surface area contributed by atoms with Gasteiger partial charge in [0.05, 0.1) is 18.4 Å². The average molecular weight is 348 g/mol. The van der Waals surface area contributed by atoms with E-state index >= 15 is 0 Å². The maximum atomic E-state index is 11.8. The van der Waals surface area contributed by atoms with Gasteiger partial charge in [0.1, 0.15) is 11.3 Å². The second-order valence-electron chi connectivity index (χ2n) is 4.56. The van der Waals surface area contributed by atoms with Gasteiger partial charge in [0.2, 0.25) is 5.91 Å². The fourth-order valence-electron chi connectivity index (χ4n) is 1.79. The molecule has 0 aliphatic heterocycles. The van der Waals surface area contributed by atoms with Crippen molar-refractivity contribution in [2.45, 2.75) is 0 Å². The zero-order valence-electron chi connectivity index (χ0n) is 12.9. The van der Waals surface area contributed by atoms with Gasteiger partial charge in [-0.1, -0.05) is 23.5 Å². The zero-order chi connectivity index (χ0) is 17.5. The zero-order valence-corrected chi connectivity index (χ0v) is 13.7. The average Bonchev–Trinajstić information content (AvgIpc) is 2.99. The molecule has 8 nitrogen and oxygen atoms in total. The summed E-state index contributed by atoms with van der Waals surface area (Å²) in [6.07, 6.45) is 1.44. The number of para-hydroxylation sites is 1. The van der Waals surface area contributed by atoms with E-state index in [4.69, 9.17) is 4.74 Å². The molecule has 1 aromatic carbocycles. The van der Waals surface area contributed by atoms with Crippen molar-refractivity contribution in [2.75, 3.05) is 25.5 Å². The molecule has 0 saturated carbocycles. The van der Waals surface area contributed by atoms with E-state index in [9.17, 15) is 14.4 Å². The van der Waals surface area contributed by atoms with E-state index in [0.29, 0.717) is 16.4 Å². The van der Waals surface area contributed by atoms with Crippen molar-refractivity contribution in [3.63, 3.8) is 0 Å². The summed E-state index contributed by atoms with van der Waals surface area (Å²) in [5, 5.41) is 7.48. The molecule has 0 bridgehead atoms. The molecule has 0 spiro atoms. The maximum absolute atomic E-state index is 11.8. The smallest absolute Gasteiger partial charge is 0.309 e. The molecule has 3 amide bonds. The number of hydrogen-bond donors (Lipinski definition) is 3. The molecule has 0 aliphatic rings. The molecular formula is C15H16N4O4S. The van der Waals surface area contributed by atoms with Crippen molar-refractivity contribution < 1.29 is 19.1 Å². The van der Waals surface area contributed by atoms with E-state index in [2.05, 4.69) is 27.5 Å². The summed E-state index contributed by atoms with van der Waals surface area (Å²) in [4.78, 5) is 38.9. The molecule has 0 atom stereocenters. The minimum Gasteiger partial charge on any atom is -0.494 e. The Kier molecular flexibility index (Phi) is 5.85. The predicted octanol–water partition coefficient (Wildman–Crippen LogP) is 0.662. The highest BCUT2D eigenvalue weighted by atomic mass is 32.1. The van der Waals surface area contributed by atoms with E-state index in [1.54, 1.807) is 13.2 Å². The van der Waals surface area contributed by atoms with Crippen molar-refractivity contribution in [1.82, 2.24) is 15.6 Å². The lowest BCUT2D eigenvalue weighted by atomic mass is 10.3. The van der Waals surface area contributed by atoms with Gasteiger partial charge in [0, 0.05) is 6.54 Å². The molecule has 0 radical (unpaired) electrons. The Balaban J connectivity index is 1.92. The number of ether oxygens (including phenoxy) is 1. The first-order chi connectivity index (χ1) is 11.5. The molecule has 0 aliphatic carbocycles. The van der Waals surface area contributed by atoms with Crippen LogP contribution in [-0.4, -0.2) is 42.9 Å². The molecule has 24 heavy (non-hydrogen) atoms. The van der Waals surface area contributed by atoms with E-state index in [-0.39, 0.29) is 13.1 Å². The van der Waals surface area contributed by atoms with Crippen LogP contribution in [0.5, 0.6) is 5.75 Å². The number of rotatable bonds is 6. The van der Waals surface area contributed by atoms with Crippen molar-refractivity contribution in [3.05, 3.63) is 30.9 Å². The van der Waals surface area contributed by atoms with Crippen LogP contribution in [0.25, 0.3) is 10.2 Å². The van der Waals surface area contributed by atoms with Gasteiger partial charge in [-0.3, -0.25) is 14.4 Å². The van der Waals surface area contributed by atoms with Crippen LogP contribution in [0, 0.1) is 0 Å². The lowest BCUT2D eigenvalue weighted by Gasteiger charge is -2.04. The summed E-state index contributed by atoms with van der Waals surface area (Å²) in [6, 6.07) is 5.46. The lowest BCUT2D eigenvalue weighted by molar-refractivity contribution is -0.139. The molecule has 0 unspecified atom stereocenters. The number of nitrogens with one attached hydrogen (secondary N) is 3. The van der Waals surface area contributed by atoms with Crippen LogP contribution in [-0.2, 0) is 14.4 Å². The third-order valence-electron chi connectivity index (χ3n) is 2.87. The van der Waals surface area contributed by atoms with Crippen molar-refractivity contribution in [1.29, 1.82) is 0 Å².